The van der Waals surface area contributed by atoms with Crippen LogP contribution in [0.2, 0.25) is 0 Å². The number of ether oxygens (including phenoxy) is 2. The van der Waals surface area contributed by atoms with Crippen molar-refractivity contribution in [1.82, 2.24) is 0 Å². The summed E-state index contributed by atoms with van der Waals surface area (Å²) < 4.78 is 11.2. The molecule has 6 rings (SSSR count). The largest absolute Gasteiger partial charge is 0.465 e. The second-order valence-electron chi connectivity index (χ2n) is 10.5. The third-order valence-electron chi connectivity index (χ3n) is 9.25. The number of hydrogen-bond donors (Lipinski definition) is 4. The number of Topliss-reactive ketones (excluding diaryl/α,β-unsaturated/α-hetero) is 1. The topological polar surface area (TPSA) is 134 Å². The summed E-state index contributed by atoms with van der Waals surface area (Å²) in [6, 6.07) is 0. The van der Waals surface area contributed by atoms with Gasteiger partial charge in [-0.05, 0) is 30.8 Å². The molecule has 2 spiro atoms. The SMILES string of the molecule is C=C1C(=O)[C@@]23C(C[C@H](O)[C@@H]1[C@H]2O)[C@]12CCC[C@@](C)(COC(C)=O)[C@H]1[C@H](O)[C@]3(O)OC2. The van der Waals surface area contributed by atoms with Crippen LogP contribution in [0.4, 0.5) is 0 Å². The molecular formula is C22H30O8. The highest BCUT2D eigenvalue weighted by Crippen LogP contribution is 2.76. The average Bonchev–Trinajstić information content (AvgIpc) is 2.80. The van der Waals surface area contributed by atoms with Gasteiger partial charge in [0, 0.05) is 29.6 Å². The molecule has 4 saturated carbocycles. The van der Waals surface area contributed by atoms with E-state index in [0.717, 1.165) is 6.42 Å². The molecule has 166 valence electrons. The third kappa shape index (κ3) is 1.96. The van der Waals surface area contributed by atoms with Crippen molar-refractivity contribution in [1.29, 1.82) is 0 Å². The first kappa shape index (κ1) is 20.6. The monoisotopic (exact) mass is 422 g/mol. The Morgan fingerprint density at radius 2 is 1.97 bits per heavy atom. The third-order valence-corrected chi connectivity index (χ3v) is 9.25. The molecule has 0 amide bonds. The lowest BCUT2D eigenvalue weighted by Crippen LogP contribution is -2.84. The van der Waals surface area contributed by atoms with Gasteiger partial charge in [0.05, 0.1) is 25.4 Å². The number of ketones is 1. The lowest BCUT2D eigenvalue weighted by atomic mass is 9.36. The summed E-state index contributed by atoms with van der Waals surface area (Å²) in [4.78, 5) is 25.0. The fourth-order valence-corrected chi connectivity index (χ4v) is 8.24. The van der Waals surface area contributed by atoms with Crippen LogP contribution < -0.4 is 0 Å². The van der Waals surface area contributed by atoms with Gasteiger partial charge in [-0.2, -0.15) is 0 Å². The Morgan fingerprint density at radius 3 is 2.63 bits per heavy atom. The van der Waals surface area contributed by atoms with E-state index in [-0.39, 0.29) is 25.2 Å². The smallest absolute Gasteiger partial charge is 0.302 e. The maximum absolute atomic E-state index is 13.5. The molecule has 30 heavy (non-hydrogen) atoms. The van der Waals surface area contributed by atoms with Gasteiger partial charge in [-0.1, -0.05) is 19.9 Å². The zero-order valence-corrected chi connectivity index (χ0v) is 17.3. The Morgan fingerprint density at radius 1 is 1.27 bits per heavy atom. The highest BCUT2D eigenvalue weighted by Gasteiger charge is 2.86. The highest BCUT2D eigenvalue weighted by atomic mass is 16.6. The molecule has 10 atom stereocenters. The summed E-state index contributed by atoms with van der Waals surface area (Å²) >= 11 is 0. The minimum Gasteiger partial charge on any atom is -0.465 e. The van der Waals surface area contributed by atoms with E-state index >= 15 is 0 Å². The number of hydrogen-bond acceptors (Lipinski definition) is 8. The lowest BCUT2D eigenvalue weighted by molar-refractivity contribution is -0.452. The maximum atomic E-state index is 13.5. The molecule has 6 fully saturated rings. The molecule has 4 N–H and O–H groups in total. The molecular weight excluding hydrogens is 392 g/mol. The Kier molecular flexibility index (Phi) is 4.06. The standard InChI is InChI=1S/C22H30O8/c1-10-14-12(24)7-13-20-6-4-5-19(3,8-29-11(2)23)15(20)18(27)22(28,30-9-20)21(13,16(10)25)17(14)26/h12-15,17-18,24,26-28H,1,4-9H2,2-3H3/t12-,13?,14+,15+,17+,18-,19-,20+,21-,22-/m0/s1. The van der Waals surface area contributed by atoms with Gasteiger partial charge in [0.25, 0.3) is 0 Å². The first-order chi connectivity index (χ1) is 14.0. The minimum absolute atomic E-state index is 0.0794. The molecule has 2 aliphatic heterocycles. The minimum atomic E-state index is -2.30. The zero-order valence-electron chi connectivity index (χ0n) is 17.3. The molecule has 8 nitrogen and oxygen atoms in total. The Hall–Kier alpha value is -1.32. The van der Waals surface area contributed by atoms with Crippen LogP contribution in [0.15, 0.2) is 12.2 Å². The van der Waals surface area contributed by atoms with Gasteiger partial charge in [0.2, 0.25) is 5.79 Å². The van der Waals surface area contributed by atoms with Crippen molar-refractivity contribution >= 4 is 11.8 Å². The molecule has 0 aromatic heterocycles. The van der Waals surface area contributed by atoms with Gasteiger partial charge in [-0.15, -0.1) is 0 Å². The second-order valence-corrected chi connectivity index (χ2v) is 10.5. The predicted molar refractivity (Wildman–Crippen MR) is 102 cm³/mol. The van der Waals surface area contributed by atoms with Crippen molar-refractivity contribution in [3.8, 4) is 0 Å². The van der Waals surface area contributed by atoms with E-state index in [2.05, 4.69) is 6.58 Å². The van der Waals surface area contributed by atoms with Gasteiger partial charge in [0.1, 0.15) is 11.5 Å². The molecule has 0 aromatic carbocycles. The summed E-state index contributed by atoms with van der Waals surface area (Å²) in [5.74, 6) is -5.22. The molecule has 8 heteroatoms. The quantitative estimate of drug-likeness (QED) is 0.359. The highest BCUT2D eigenvalue weighted by molar-refractivity contribution is 6.05. The zero-order chi connectivity index (χ0) is 21.9. The van der Waals surface area contributed by atoms with Gasteiger partial charge in [-0.3, -0.25) is 9.59 Å². The number of aliphatic hydroxyl groups is 4. The van der Waals surface area contributed by atoms with Gasteiger partial charge >= 0.3 is 5.97 Å². The molecule has 1 unspecified atom stereocenters. The van der Waals surface area contributed by atoms with Crippen LogP contribution in [0.5, 0.6) is 0 Å². The summed E-state index contributed by atoms with van der Waals surface area (Å²) in [7, 11) is 0. The maximum Gasteiger partial charge on any atom is 0.302 e. The first-order valence-electron chi connectivity index (χ1n) is 10.7. The Labute approximate surface area is 174 Å². The van der Waals surface area contributed by atoms with E-state index in [0.29, 0.717) is 12.8 Å². The molecule has 4 bridgehead atoms. The van der Waals surface area contributed by atoms with E-state index in [1.807, 2.05) is 6.92 Å². The number of rotatable bonds is 2. The fraction of sp³-hybridized carbons (Fsp3) is 0.818. The van der Waals surface area contributed by atoms with E-state index in [1.165, 1.54) is 6.92 Å². The fourth-order valence-electron chi connectivity index (χ4n) is 8.24. The number of aliphatic hydroxyl groups excluding tert-OH is 3. The normalized spacial score (nSPS) is 56.5. The predicted octanol–water partition coefficient (Wildman–Crippen LogP) is -0.0812. The number of carbonyl (C=O) groups is 2. The van der Waals surface area contributed by atoms with E-state index in [1.54, 1.807) is 0 Å². The molecule has 0 aromatic rings. The molecule has 2 saturated heterocycles. The van der Waals surface area contributed by atoms with Crippen LogP contribution in [0, 0.1) is 34.0 Å². The Bertz CT molecular complexity index is 841. The lowest BCUT2D eigenvalue weighted by Gasteiger charge is -2.74. The van der Waals surface area contributed by atoms with E-state index < -0.39 is 69.9 Å². The van der Waals surface area contributed by atoms with Crippen LogP contribution >= 0.6 is 0 Å². The molecule has 6 aliphatic rings. The summed E-state index contributed by atoms with van der Waals surface area (Å²) in [6.07, 6.45) is -1.54. The van der Waals surface area contributed by atoms with Gasteiger partial charge in [0.15, 0.2) is 5.78 Å². The average molecular weight is 422 g/mol. The van der Waals surface area contributed by atoms with Gasteiger partial charge in [-0.25, -0.2) is 0 Å². The molecule has 2 heterocycles. The van der Waals surface area contributed by atoms with Crippen LogP contribution in [0.25, 0.3) is 0 Å². The Balaban J connectivity index is 1.70. The summed E-state index contributed by atoms with van der Waals surface area (Å²) in [6.45, 7) is 7.25. The van der Waals surface area contributed by atoms with Crippen LogP contribution in [-0.2, 0) is 19.1 Å². The van der Waals surface area contributed by atoms with Crippen molar-refractivity contribution < 1.29 is 39.5 Å². The van der Waals surface area contributed by atoms with Crippen molar-refractivity contribution in [2.45, 2.75) is 63.6 Å². The summed E-state index contributed by atoms with van der Waals surface area (Å²) in [5.41, 5.74) is -3.05. The van der Waals surface area contributed by atoms with Crippen LogP contribution in [0.3, 0.4) is 0 Å². The van der Waals surface area contributed by atoms with Crippen LogP contribution in [-0.4, -0.2) is 69.5 Å². The molecule has 4 aliphatic carbocycles. The number of carbonyl (C=O) groups excluding carboxylic acids is 2. The van der Waals surface area contributed by atoms with Crippen LogP contribution in [0.1, 0.15) is 39.5 Å². The van der Waals surface area contributed by atoms with Crippen molar-refractivity contribution in [3.05, 3.63) is 12.2 Å². The van der Waals surface area contributed by atoms with E-state index in [4.69, 9.17) is 9.47 Å². The van der Waals surface area contributed by atoms with Crippen molar-refractivity contribution in [2.75, 3.05) is 13.2 Å². The second kappa shape index (κ2) is 5.92. The van der Waals surface area contributed by atoms with Gasteiger partial charge < -0.3 is 29.9 Å². The van der Waals surface area contributed by atoms with E-state index in [9.17, 15) is 30.0 Å². The summed E-state index contributed by atoms with van der Waals surface area (Å²) in [5, 5.41) is 45.4. The van der Waals surface area contributed by atoms with Crippen molar-refractivity contribution in [2.24, 2.45) is 34.0 Å². The number of esters is 1. The first-order valence-corrected chi connectivity index (χ1v) is 10.7. The van der Waals surface area contributed by atoms with Crippen molar-refractivity contribution in [3.63, 3.8) is 0 Å². The number of fused-ring (bicyclic) bond motifs is 2. The molecule has 0 radical (unpaired) electrons.